The van der Waals surface area contributed by atoms with Crippen molar-refractivity contribution in [3.8, 4) is 11.4 Å². The van der Waals surface area contributed by atoms with Gasteiger partial charge in [-0.15, -0.1) is 0 Å². The molecule has 7 heteroatoms. The molecule has 3 rings (SSSR count). The molecule has 0 saturated carbocycles. The molecule has 0 radical (unpaired) electrons. The Morgan fingerprint density at radius 1 is 1.16 bits per heavy atom. The number of hydrogen-bond donors (Lipinski definition) is 2. The van der Waals surface area contributed by atoms with Crippen molar-refractivity contribution < 1.29 is 9.90 Å². The van der Waals surface area contributed by atoms with Gasteiger partial charge >= 0.3 is 0 Å². The van der Waals surface area contributed by atoms with Crippen molar-refractivity contribution in [2.75, 3.05) is 5.32 Å². The van der Waals surface area contributed by atoms with Gasteiger partial charge in [-0.2, -0.15) is 9.78 Å². The highest BCUT2D eigenvalue weighted by Gasteiger charge is 2.17. The predicted molar refractivity (Wildman–Crippen MR) is 103 cm³/mol. The SMILES string of the molecule is Cc1cccc(-n2nc(C(=O)Nc3ccccc3I)c(O)cc2=O)c1. The predicted octanol–water partition coefficient (Wildman–Crippen LogP) is 3.10. The second-order valence-electron chi connectivity index (χ2n) is 5.40. The van der Waals surface area contributed by atoms with Gasteiger partial charge in [-0.05, 0) is 59.3 Å². The average molecular weight is 447 g/mol. The van der Waals surface area contributed by atoms with Gasteiger partial charge in [0.2, 0.25) is 0 Å². The zero-order valence-electron chi connectivity index (χ0n) is 13.2. The topological polar surface area (TPSA) is 84.2 Å². The Kier molecular flexibility index (Phi) is 4.84. The van der Waals surface area contributed by atoms with Crippen LogP contribution in [0.1, 0.15) is 16.1 Å². The first kappa shape index (κ1) is 17.2. The molecule has 0 bridgehead atoms. The Bertz CT molecular complexity index is 1010. The van der Waals surface area contributed by atoms with Gasteiger partial charge in [-0.3, -0.25) is 9.59 Å². The van der Waals surface area contributed by atoms with Crippen LogP contribution in [0.15, 0.2) is 59.4 Å². The van der Waals surface area contributed by atoms with Crippen LogP contribution < -0.4 is 10.9 Å². The summed E-state index contributed by atoms with van der Waals surface area (Å²) in [5, 5.41) is 16.7. The normalized spacial score (nSPS) is 10.5. The van der Waals surface area contributed by atoms with Crippen LogP contribution in [0.3, 0.4) is 0 Å². The number of rotatable bonds is 3. The van der Waals surface area contributed by atoms with E-state index in [1.807, 2.05) is 25.1 Å². The van der Waals surface area contributed by atoms with Gasteiger partial charge in [-0.1, -0.05) is 24.3 Å². The number of nitrogens with zero attached hydrogens (tertiary/aromatic N) is 2. The van der Waals surface area contributed by atoms with E-state index in [0.29, 0.717) is 11.4 Å². The molecule has 1 heterocycles. The number of carbonyl (C=O) groups excluding carboxylic acids is 1. The zero-order chi connectivity index (χ0) is 18.0. The molecular formula is C18H14IN3O3. The molecule has 0 aliphatic carbocycles. The average Bonchev–Trinajstić information content (AvgIpc) is 2.57. The van der Waals surface area contributed by atoms with Gasteiger partial charge in [0.1, 0.15) is 0 Å². The number of aromatic hydroxyl groups is 1. The van der Waals surface area contributed by atoms with Crippen molar-refractivity contribution in [2.45, 2.75) is 6.92 Å². The summed E-state index contributed by atoms with van der Waals surface area (Å²) in [7, 11) is 0. The maximum atomic E-state index is 12.5. The van der Waals surface area contributed by atoms with Crippen LogP contribution in [-0.2, 0) is 0 Å². The van der Waals surface area contributed by atoms with E-state index < -0.39 is 17.2 Å². The van der Waals surface area contributed by atoms with E-state index in [4.69, 9.17) is 0 Å². The third-order valence-electron chi connectivity index (χ3n) is 3.49. The van der Waals surface area contributed by atoms with Gasteiger partial charge in [-0.25, -0.2) is 0 Å². The molecule has 0 unspecified atom stereocenters. The summed E-state index contributed by atoms with van der Waals surface area (Å²) in [4.78, 5) is 24.6. The molecule has 0 aliphatic heterocycles. The van der Waals surface area contributed by atoms with E-state index in [0.717, 1.165) is 19.9 Å². The number of hydrogen-bond acceptors (Lipinski definition) is 4. The van der Waals surface area contributed by atoms with Crippen molar-refractivity contribution in [1.82, 2.24) is 9.78 Å². The molecule has 2 aromatic carbocycles. The molecule has 25 heavy (non-hydrogen) atoms. The summed E-state index contributed by atoms with van der Waals surface area (Å²) in [5.74, 6) is -1.06. The number of benzene rings is 2. The summed E-state index contributed by atoms with van der Waals surface area (Å²) in [6.07, 6.45) is 0. The van der Waals surface area contributed by atoms with Crippen LogP contribution in [-0.4, -0.2) is 20.8 Å². The molecule has 6 nitrogen and oxygen atoms in total. The summed E-state index contributed by atoms with van der Waals surface area (Å²) < 4.78 is 1.94. The first-order valence-electron chi connectivity index (χ1n) is 7.42. The minimum Gasteiger partial charge on any atom is -0.505 e. The lowest BCUT2D eigenvalue weighted by atomic mass is 10.2. The zero-order valence-corrected chi connectivity index (χ0v) is 15.4. The number of anilines is 1. The molecular weight excluding hydrogens is 433 g/mol. The fraction of sp³-hybridized carbons (Fsp3) is 0.0556. The third-order valence-corrected chi connectivity index (χ3v) is 4.44. The fourth-order valence-electron chi connectivity index (χ4n) is 2.30. The summed E-state index contributed by atoms with van der Waals surface area (Å²) in [6, 6.07) is 15.4. The van der Waals surface area contributed by atoms with Crippen LogP contribution in [0.2, 0.25) is 0 Å². The van der Waals surface area contributed by atoms with Crippen molar-refractivity contribution in [1.29, 1.82) is 0 Å². The van der Waals surface area contributed by atoms with E-state index in [1.165, 1.54) is 0 Å². The molecule has 0 atom stereocenters. The Hall–Kier alpha value is -2.68. The fourth-order valence-corrected chi connectivity index (χ4v) is 2.82. The van der Waals surface area contributed by atoms with E-state index in [-0.39, 0.29) is 5.69 Å². The molecule has 0 fully saturated rings. The third kappa shape index (κ3) is 3.71. The first-order chi connectivity index (χ1) is 12.0. The highest BCUT2D eigenvalue weighted by molar-refractivity contribution is 14.1. The molecule has 0 aliphatic rings. The Morgan fingerprint density at radius 3 is 2.64 bits per heavy atom. The Labute approximate surface area is 157 Å². The van der Waals surface area contributed by atoms with E-state index in [1.54, 1.807) is 30.3 Å². The van der Waals surface area contributed by atoms with Gasteiger partial charge in [0.15, 0.2) is 11.4 Å². The maximum absolute atomic E-state index is 12.5. The van der Waals surface area contributed by atoms with Gasteiger partial charge in [0.05, 0.1) is 11.4 Å². The van der Waals surface area contributed by atoms with Crippen molar-refractivity contribution in [3.63, 3.8) is 0 Å². The molecule has 0 saturated heterocycles. The number of aryl methyl sites for hydroxylation is 1. The standard InChI is InChI=1S/C18H14IN3O3/c1-11-5-4-6-12(9-11)22-16(24)10-15(23)17(21-22)18(25)20-14-8-3-2-7-13(14)19/h2-10,23H,1H3,(H,20,25). The van der Waals surface area contributed by atoms with Crippen molar-refractivity contribution in [3.05, 3.63) is 79.8 Å². The number of nitrogens with one attached hydrogen (secondary N) is 1. The van der Waals surface area contributed by atoms with E-state index >= 15 is 0 Å². The number of amides is 1. The lowest BCUT2D eigenvalue weighted by Gasteiger charge is -2.10. The van der Waals surface area contributed by atoms with Crippen molar-refractivity contribution >= 4 is 34.2 Å². The van der Waals surface area contributed by atoms with E-state index in [2.05, 4.69) is 33.0 Å². The molecule has 2 N–H and O–H groups in total. The molecule has 1 amide bonds. The van der Waals surface area contributed by atoms with Crippen LogP contribution >= 0.6 is 22.6 Å². The smallest absolute Gasteiger partial charge is 0.280 e. The summed E-state index contributed by atoms with van der Waals surface area (Å²) in [5.41, 5.74) is 1.33. The van der Waals surface area contributed by atoms with Gasteiger partial charge in [0, 0.05) is 9.64 Å². The van der Waals surface area contributed by atoms with Crippen LogP contribution in [0.25, 0.3) is 5.69 Å². The van der Waals surface area contributed by atoms with Crippen LogP contribution in [0, 0.1) is 10.5 Å². The lowest BCUT2D eigenvalue weighted by Crippen LogP contribution is -2.25. The number of aromatic nitrogens is 2. The summed E-state index contributed by atoms with van der Waals surface area (Å²) in [6.45, 7) is 1.89. The highest BCUT2D eigenvalue weighted by atomic mass is 127. The minimum atomic E-state index is -0.594. The van der Waals surface area contributed by atoms with Gasteiger partial charge in [0.25, 0.3) is 11.5 Å². The molecule has 0 spiro atoms. The van der Waals surface area contributed by atoms with E-state index in [9.17, 15) is 14.7 Å². The molecule has 3 aromatic rings. The Balaban J connectivity index is 2.02. The number of halogens is 1. The number of carbonyl (C=O) groups is 1. The lowest BCUT2D eigenvalue weighted by molar-refractivity contribution is 0.101. The quantitative estimate of drug-likeness (QED) is 0.605. The second kappa shape index (κ2) is 7.06. The number of para-hydroxylation sites is 1. The van der Waals surface area contributed by atoms with Crippen LogP contribution in [0.4, 0.5) is 5.69 Å². The molecule has 126 valence electrons. The Morgan fingerprint density at radius 2 is 1.92 bits per heavy atom. The monoisotopic (exact) mass is 447 g/mol. The summed E-state index contributed by atoms with van der Waals surface area (Å²) >= 11 is 2.09. The highest BCUT2D eigenvalue weighted by Crippen LogP contribution is 2.20. The maximum Gasteiger partial charge on any atom is 0.280 e. The van der Waals surface area contributed by atoms with Crippen molar-refractivity contribution in [2.24, 2.45) is 0 Å². The molecule has 1 aromatic heterocycles. The first-order valence-corrected chi connectivity index (χ1v) is 8.50. The van der Waals surface area contributed by atoms with Crippen LogP contribution in [0.5, 0.6) is 5.75 Å². The largest absolute Gasteiger partial charge is 0.505 e. The second-order valence-corrected chi connectivity index (χ2v) is 6.56. The minimum absolute atomic E-state index is 0.222. The van der Waals surface area contributed by atoms with Gasteiger partial charge < -0.3 is 10.4 Å².